The van der Waals surface area contributed by atoms with Crippen LogP contribution in [0.5, 0.6) is 11.5 Å². The maximum absolute atomic E-state index is 13.4. The molecule has 0 radical (unpaired) electrons. The van der Waals surface area contributed by atoms with Crippen molar-refractivity contribution in [1.82, 2.24) is 0 Å². The topological polar surface area (TPSA) is 114 Å². The summed E-state index contributed by atoms with van der Waals surface area (Å²) in [5.41, 5.74) is -0.166. The van der Waals surface area contributed by atoms with Crippen LogP contribution in [0.3, 0.4) is 0 Å². The number of ether oxygens (including phenoxy) is 5. The molecule has 240 valence electrons. The van der Waals surface area contributed by atoms with Crippen molar-refractivity contribution in [3.8, 4) is 11.5 Å². The molecule has 4 unspecified atom stereocenters. The summed E-state index contributed by atoms with van der Waals surface area (Å²) in [6.07, 6.45) is 3.71. The number of carbonyl (C=O) groups excluding carboxylic acids is 4. The van der Waals surface area contributed by atoms with Crippen LogP contribution in [-0.4, -0.2) is 67.6 Å². The van der Waals surface area contributed by atoms with Gasteiger partial charge in [-0.25, -0.2) is 4.79 Å². The summed E-state index contributed by atoms with van der Waals surface area (Å²) < 4.78 is 28.1. The number of esters is 1. The van der Waals surface area contributed by atoms with Gasteiger partial charge in [0.2, 0.25) is 5.78 Å². The molecule has 0 amide bonds. The van der Waals surface area contributed by atoms with E-state index in [9.17, 15) is 19.2 Å². The third-order valence-electron chi connectivity index (χ3n) is 8.19. The van der Waals surface area contributed by atoms with E-state index in [2.05, 4.69) is 13.8 Å². The van der Waals surface area contributed by atoms with Crippen LogP contribution >= 0.6 is 0 Å². The van der Waals surface area contributed by atoms with Crippen LogP contribution in [0.15, 0.2) is 36.4 Å². The number of hydrogen-bond acceptors (Lipinski definition) is 9. The Morgan fingerprint density at radius 3 is 1.77 bits per heavy atom. The molecule has 0 bridgehead atoms. The summed E-state index contributed by atoms with van der Waals surface area (Å²) >= 11 is 0. The minimum atomic E-state index is -0.991. The number of Topliss-reactive ketones (excluding diaryl/α,β-unsaturated/α-hetero) is 1. The number of hydrogen-bond donors (Lipinski definition) is 0. The average molecular weight is 611 g/mol. The molecule has 2 aromatic rings. The molecule has 0 N–H and O–H groups in total. The van der Waals surface area contributed by atoms with Gasteiger partial charge in [0.25, 0.3) is 0 Å². The molecule has 3 rings (SSSR count). The minimum absolute atomic E-state index is 0.189. The smallest absolute Gasteiger partial charge is 0.347 e. The highest BCUT2D eigenvalue weighted by molar-refractivity contribution is 6.28. The largest absolute Gasteiger partial charge is 0.483 e. The van der Waals surface area contributed by atoms with Crippen LogP contribution in [0, 0.1) is 0 Å². The molecule has 9 nitrogen and oxygen atoms in total. The van der Waals surface area contributed by atoms with Gasteiger partial charge in [0.15, 0.2) is 23.8 Å². The Kier molecular flexibility index (Phi) is 12.7. The van der Waals surface area contributed by atoms with E-state index in [-0.39, 0.29) is 51.5 Å². The number of unbranched alkanes of at least 4 members (excludes halogenated alkanes) is 3. The fourth-order valence-corrected chi connectivity index (χ4v) is 4.86. The SMILES string of the molecule is CCC(C)OCCCCCCOC(=O)C(C)Oc1ccc2c(c1)C(=O)c1ccc(OC(C)C(=O)C(C)(CC)OC)cc1C2=O. The van der Waals surface area contributed by atoms with Crippen LogP contribution in [0.1, 0.15) is 112 Å². The predicted molar refractivity (Wildman–Crippen MR) is 166 cm³/mol. The lowest BCUT2D eigenvalue weighted by Crippen LogP contribution is -2.44. The van der Waals surface area contributed by atoms with E-state index in [1.165, 1.54) is 31.4 Å². The van der Waals surface area contributed by atoms with Crippen molar-refractivity contribution in [2.24, 2.45) is 0 Å². The molecule has 44 heavy (non-hydrogen) atoms. The number of fused-ring (bicyclic) bond motifs is 2. The first-order valence-electron chi connectivity index (χ1n) is 15.5. The third-order valence-corrected chi connectivity index (χ3v) is 8.19. The molecule has 0 spiro atoms. The standard InChI is InChI=1S/C35H46O9/c1-8-22(3)41-18-12-10-11-13-19-42-34(39)24(5)44-26-15-17-28-30(21-26)32(37)27-16-14-25(20-29(27)31(28)36)43-23(4)33(38)35(6,9-2)40-7/h14-17,20-24H,8-13,18-19H2,1-7H3. The molecule has 0 saturated carbocycles. The van der Waals surface area contributed by atoms with E-state index in [1.54, 1.807) is 32.9 Å². The van der Waals surface area contributed by atoms with Gasteiger partial charge in [-0.3, -0.25) is 14.4 Å². The van der Waals surface area contributed by atoms with Crippen molar-refractivity contribution in [1.29, 1.82) is 0 Å². The van der Waals surface area contributed by atoms with Crippen LogP contribution in [0.25, 0.3) is 0 Å². The Bertz CT molecular complexity index is 1330. The van der Waals surface area contributed by atoms with Gasteiger partial charge in [-0.2, -0.15) is 0 Å². The van der Waals surface area contributed by atoms with Crippen LogP contribution in [0.4, 0.5) is 0 Å². The molecule has 0 aliphatic heterocycles. The Balaban J connectivity index is 1.57. The summed E-state index contributed by atoms with van der Waals surface area (Å²) in [5.74, 6) is -0.842. The first-order valence-corrected chi connectivity index (χ1v) is 15.5. The fraction of sp³-hybridized carbons (Fsp3) is 0.543. The van der Waals surface area contributed by atoms with Gasteiger partial charge >= 0.3 is 5.97 Å². The van der Waals surface area contributed by atoms with E-state index in [4.69, 9.17) is 23.7 Å². The molecule has 2 aromatic carbocycles. The van der Waals surface area contributed by atoms with Crippen molar-refractivity contribution in [3.63, 3.8) is 0 Å². The van der Waals surface area contributed by atoms with Crippen LogP contribution in [0.2, 0.25) is 0 Å². The molecule has 0 heterocycles. The normalized spacial score (nSPS) is 15.8. The van der Waals surface area contributed by atoms with E-state index < -0.39 is 23.8 Å². The molecule has 4 atom stereocenters. The second-order valence-corrected chi connectivity index (χ2v) is 11.4. The molecule has 1 aliphatic carbocycles. The van der Waals surface area contributed by atoms with Crippen LogP contribution in [-0.2, 0) is 23.8 Å². The second-order valence-electron chi connectivity index (χ2n) is 11.4. The zero-order chi connectivity index (χ0) is 32.4. The number of benzene rings is 2. The lowest BCUT2D eigenvalue weighted by molar-refractivity contribution is -0.151. The third kappa shape index (κ3) is 8.54. The Morgan fingerprint density at radius 2 is 1.27 bits per heavy atom. The maximum Gasteiger partial charge on any atom is 0.347 e. The van der Waals surface area contributed by atoms with E-state index in [1.807, 2.05) is 6.92 Å². The van der Waals surface area contributed by atoms with E-state index in [0.717, 1.165) is 38.7 Å². The zero-order valence-corrected chi connectivity index (χ0v) is 27.0. The Labute approximate surface area is 260 Å². The number of carbonyl (C=O) groups is 4. The van der Waals surface area contributed by atoms with Crippen molar-refractivity contribution >= 4 is 23.3 Å². The quantitative estimate of drug-likeness (QED) is 0.121. The van der Waals surface area contributed by atoms with Crippen molar-refractivity contribution in [2.45, 2.75) is 104 Å². The van der Waals surface area contributed by atoms with Crippen molar-refractivity contribution < 1.29 is 42.9 Å². The Hall–Kier alpha value is -3.56. The highest BCUT2D eigenvalue weighted by atomic mass is 16.6. The monoisotopic (exact) mass is 610 g/mol. The predicted octanol–water partition coefficient (Wildman–Crippen LogP) is 6.30. The number of ketones is 3. The summed E-state index contributed by atoms with van der Waals surface area (Å²) in [5, 5.41) is 0. The highest BCUT2D eigenvalue weighted by Crippen LogP contribution is 2.33. The summed E-state index contributed by atoms with van der Waals surface area (Å²) in [6, 6.07) is 9.12. The summed E-state index contributed by atoms with van der Waals surface area (Å²) in [7, 11) is 1.48. The van der Waals surface area contributed by atoms with E-state index >= 15 is 0 Å². The fourth-order valence-electron chi connectivity index (χ4n) is 4.86. The second kappa shape index (κ2) is 16.0. The Morgan fingerprint density at radius 1 is 0.750 bits per heavy atom. The van der Waals surface area contributed by atoms with Gasteiger partial charge in [0.1, 0.15) is 17.1 Å². The maximum atomic E-state index is 13.4. The van der Waals surface area contributed by atoms with Gasteiger partial charge in [0, 0.05) is 36.0 Å². The molecular formula is C35H46O9. The first kappa shape index (κ1) is 34.9. The minimum Gasteiger partial charge on any atom is -0.483 e. The number of rotatable bonds is 18. The van der Waals surface area contributed by atoms with Gasteiger partial charge in [-0.1, -0.05) is 20.3 Å². The van der Waals surface area contributed by atoms with Gasteiger partial charge in [-0.05, 0) is 96.2 Å². The van der Waals surface area contributed by atoms with Gasteiger partial charge in [-0.15, -0.1) is 0 Å². The molecular weight excluding hydrogens is 564 g/mol. The van der Waals surface area contributed by atoms with E-state index in [0.29, 0.717) is 18.8 Å². The molecule has 0 aromatic heterocycles. The summed E-state index contributed by atoms with van der Waals surface area (Å²) in [4.78, 5) is 52.1. The average Bonchev–Trinajstić information content (AvgIpc) is 3.03. The molecule has 0 saturated heterocycles. The molecule has 1 aliphatic rings. The highest BCUT2D eigenvalue weighted by Gasteiger charge is 2.36. The van der Waals surface area contributed by atoms with Crippen molar-refractivity contribution in [3.05, 3.63) is 58.7 Å². The number of methoxy groups -OCH3 is 1. The lowest BCUT2D eigenvalue weighted by Gasteiger charge is -2.28. The first-order chi connectivity index (χ1) is 20.9. The molecule has 9 heteroatoms. The van der Waals surface area contributed by atoms with Gasteiger partial charge < -0.3 is 23.7 Å². The van der Waals surface area contributed by atoms with Crippen LogP contribution < -0.4 is 9.47 Å². The molecule has 0 fully saturated rings. The lowest BCUT2D eigenvalue weighted by atomic mass is 9.84. The van der Waals surface area contributed by atoms with Crippen molar-refractivity contribution in [2.75, 3.05) is 20.3 Å². The summed E-state index contributed by atoms with van der Waals surface area (Å²) in [6.45, 7) is 12.0. The zero-order valence-electron chi connectivity index (χ0n) is 27.0. The van der Waals surface area contributed by atoms with Gasteiger partial charge in [0.05, 0.1) is 12.7 Å².